The van der Waals surface area contributed by atoms with Crippen molar-refractivity contribution in [1.82, 2.24) is 15.0 Å². The summed E-state index contributed by atoms with van der Waals surface area (Å²) in [5.41, 5.74) is -0.668. The highest BCUT2D eigenvalue weighted by atomic mass is 31.2. The smallest absolute Gasteiger partial charge is 0.419 e. The Bertz CT molecular complexity index is 1410. The number of aromatic nitrogens is 1. The van der Waals surface area contributed by atoms with Crippen LogP contribution in [0.4, 0.5) is 9.59 Å². The summed E-state index contributed by atoms with van der Waals surface area (Å²) in [5, 5.41) is 2.36. The summed E-state index contributed by atoms with van der Waals surface area (Å²) in [6.07, 6.45) is 0.874. The minimum Gasteiger partial charge on any atom is -0.459 e. The zero-order chi connectivity index (χ0) is 36.0. The van der Waals surface area contributed by atoms with Crippen molar-refractivity contribution in [2.24, 2.45) is 0 Å². The van der Waals surface area contributed by atoms with Crippen LogP contribution in [-0.4, -0.2) is 87.5 Å². The molecular formula is C35H54N3O9P. The van der Waals surface area contributed by atoms with Crippen LogP contribution in [0.1, 0.15) is 94.1 Å². The first-order valence-electron chi connectivity index (χ1n) is 16.6. The standard InChI is InChI=1S/C35H54N3O9P/c1-11-43-48(42)23-22-37(24-26-16-12-13-17-27(26)28-18-20-36-47-28)25-35(48,29(39)44-32(2,3)4)19-14-15-21-38(30(40)45-33(5,6)7)31(41)46-34(8,9)10/h12-13,16-18,20H,11,14-15,19,21-25H2,1-10H3. The molecule has 12 nitrogen and oxygen atoms in total. The number of hydrogen-bond acceptors (Lipinski definition) is 11. The fourth-order valence-corrected chi connectivity index (χ4v) is 8.58. The second-order valence-electron chi connectivity index (χ2n) is 15.2. The molecule has 13 heteroatoms. The van der Waals surface area contributed by atoms with Gasteiger partial charge in [-0.05, 0) is 94.1 Å². The number of nitrogens with zero attached hydrogens (tertiary/aromatic N) is 3. The molecule has 1 aromatic heterocycles. The van der Waals surface area contributed by atoms with E-state index in [2.05, 4.69) is 10.1 Å². The maximum Gasteiger partial charge on any atom is 0.419 e. The highest BCUT2D eigenvalue weighted by molar-refractivity contribution is 7.62. The molecule has 2 amide bonds. The molecule has 0 saturated carbocycles. The van der Waals surface area contributed by atoms with Crippen LogP contribution in [-0.2, 0) is 34.6 Å². The molecule has 1 saturated heterocycles. The average Bonchev–Trinajstić information content (AvgIpc) is 3.47. The number of rotatable bonds is 11. The number of hydrogen-bond donors (Lipinski definition) is 0. The van der Waals surface area contributed by atoms with Crippen LogP contribution in [0.5, 0.6) is 0 Å². The number of ether oxygens (including phenoxy) is 3. The van der Waals surface area contributed by atoms with Gasteiger partial charge < -0.3 is 23.3 Å². The first kappa shape index (κ1) is 39.2. The second-order valence-corrected chi connectivity index (χ2v) is 18.1. The summed E-state index contributed by atoms with van der Waals surface area (Å²) in [6, 6.07) is 9.59. The van der Waals surface area contributed by atoms with Crippen molar-refractivity contribution >= 4 is 25.5 Å². The fourth-order valence-electron chi connectivity index (χ4n) is 5.58. The van der Waals surface area contributed by atoms with Crippen molar-refractivity contribution in [1.29, 1.82) is 0 Å². The molecule has 3 rings (SSSR count). The van der Waals surface area contributed by atoms with Crippen molar-refractivity contribution in [2.45, 2.75) is 117 Å². The lowest BCUT2D eigenvalue weighted by Gasteiger charge is -2.46. The van der Waals surface area contributed by atoms with Gasteiger partial charge in [-0.1, -0.05) is 29.4 Å². The van der Waals surface area contributed by atoms with E-state index in [0.29, 0.717) is 31.7 Å². The summed E-state index contributed by atoms with van der Waals surface area (Å²) >= 11 is 0. The van der Waals surface area contributed by atoms with E-state index in [0.717, 1.165) is 16.0 Å². The van der Waals surface area contributed by atoms with Gasteiger partial charge in [-0.3, -0.25) is 14.3 Å². The van der Waals surface area contributed by atoms with Gasteiger partial charge in [-0.25, -0.2) is 14.5 Å². The van der Waals surface area contributed by atoms with Crippen LogP contribution in [0.3, 0.4) is 0 Å². The van der Waals surface area contributed by atoms with Gasteiger partial charge in [0, 0.05) is 44.0 Å². The van der Waals surface area contributed by atoms with Gasteiger partial charge in [-0.2, -0.15) is 0 Å². The van der Waals surface area contributed by atoms with Crippen molar-refractivity contribution < 1.29 is 42.2 Å². The van der Waals surface area contributed by atoms with Crippen LogP contribution >= 0.6 is 7.37 Å². The molecule has 0 aliphatic carbocycles. The minimum atomic E-state index is -3.60. The Hall–Kier alpha value is -3.21. The van der Waals surface area contributed by atoms with Crippen molar-refractivity contribution in [3.05, 3.63) is 42.1 Å². The summed E-state index contributed by atoms with van der Waals surface area (Å²) in [6.45, 7) is 18.6. The van der Waals surface area contributed by atoms with Crippen molar-refractivity contribution in [3.63, 3.8) is 0 Å². The van der Waals surface area contributed by atoms with Gasteiger partial charge in [0.15, 0.2) is 10.9 Å². The van der Waals surface area contributed by atoms with E-state index < -0.39 is 47.5 Å². The molecule has 2 heterocycles. The van der Waals surface area contributed by atoms with Crippen molar-refractivity contribution in [2.75, 3.05) is 32.4 Å². The van der Waals surface area contributed by atoms with E-state index in [1.54, 1.807) is 81.5 Å². The predicted molar refractivity (Wildman–Crippen MR) is 183 cm³/mol. The average molecular weight is 692 g/mol. The van der Waals surface area contributed by atoms with Crippen LogP contribution in [0.15, 0.2) is 41.1 Å². The molecule has 0 bridgehead atoms. The molecule has 268 valence electrons. The second kappa shape index (κ2) is 15.6. The molecule has 2 aromatic rings. The molecule has 2 unspecified atom stereocenters. The molecule has 0 N–H and O–H groups in total. The Morgan fingerprint density at radius 2 is 1.52 bits per heavy atom. The maximum absolute atomic E-state index is 14.8. The third-order valence-electron chi connectivity index (χ3n) is 7.53. The molecule has 1 aliphatic rings. The minimum absolute atomic E-state index is 0.0264. The zero-order valence-electron chi connectivity index (χ0n) is 30.3. The first-order valence-corrected chi connectivity index (χ1v) is 18.4. The van der Waals surface area contributed by atoms with Crippen LogP contribution in [0, 0.1) is 0 Å². The normalized spacial score (nSPS) is 20.6. The number of amides is 2. The van der Waals surface area contributed by atoms with E-state index in [-0.39, 0.29) is 32.3 Å². The molecular weight excluding hydrogens is 637 g/mol. The Morgan fingerprint density at radius 1 is 0.917 bits per heavy atom. The number of carbonyl (C=O) groups is 3. The molecule has 1 aromatic carbocycles. The van der Waals surface area contributed by atoms with E-state index in [1.165, 1.54) is 0 Å². The van der Waals surface area contributed by atoms with Gasteiger partial charge in [0.05, 0.1) is 12.8 Å². The SMILES string of the molecule is CCOP1(=O)CCN(Cc2ccccc2-c2ccno2)CC1(CCCCN(C(=O)OC(C)(C)C)C(=O)OC(C)(C)C)C(=O)OC(C)(C)C. The lowest BCUT2D eigenvalue weighted by atomic mass is 9.97. The van der Waals surface area contributed by atoms with Gasteiger partial charge in [0.25, 0.3) is 0 Å². The van der Waals surface area contributed by atoms with E-state index in [4.69, 9.17) is 23.3 Å². The lowest BCUT2D eigenvalue weighted by Crippen LogP contribution is -2.56. The van der Waals surface area contributed by atoms with Gasteiger partial charge in [0.1, 0.15) is 16.8 Å². The number of unbranched alkanes of at least 4 members (excludes halogenated alkanes) is 1. The first-order chi connectivity index (χ1) is 22.2. The molecule has 2 atom stereocenters. The highest BCUT2D eigenvalue weighted by Crippen LogP contribution is 2.64. The number of carbonyl (C=O) groups excluding carboxylic acids is 3. The Labute approximate surface area is 285 Å². The van der Waals surface area contributed by atoms with Gasteiger partial charge in [0.2, 0.25) is 7.37 Å². The molecule has 0 radical (unpaired) electrons. The Balaban J connectivity index is 1.92. The van der Waals surface area contributed by atoms with Crippen LogP contribution in [0.25, 0.3) is 11.3 Å². The van der Waals surface area contributed by atoms with Crippen molar-refractivity contribution in [3.8, 4) is 11.3 Å². The van der Waals surface area contributed by atoms with Crippen LogP contribution in [0.2, 0.25) is 0 Å². The zero-order valence-corrected chi connectivity index (χ0v) is 31.2. The number of benzene rings is 1. The third-order valence-corrected chi connectivity index (χ3v) is 10.8. The van der Waals surface area contributed by atoms with E-state index >= 15 is 0 Å². The Kier molecular flexibility index (Phi) is 12.7. The quantitative estimate of drug-likeness (QED) is 0.0984. The number of esters is 1. The summed E-state index contributed by atoms with van der Waals surface area (Å²) in [5.74, 6) is 0.0386. The van der Waals surface area contributed by atoms with Crippen LogP contribution < -0.4 is 0 Å². The summed E-state index contributed by atoms with van der Waals surface area (Å²) in [7, 11) is -3.60. The number of imide groups is 1. The van der Waals surface area contributed by atoms with E-state index in [1.807, 2.05) is 24.3 Å². The summed E-state index contributed by atoms with van der Waals surface area (Å²) < 4.78 is 43.2. The largest absolute Gasteiger partial charge is 0.459 e. The summed E-state index contributed by atoms with van der Waals surface area (Å²) in [4.78, 5) is 43.4. The third kappa shape index (κ3) is 10.6. The molecule has 1 aliphatic heterocycles. The topological polar surface area (TPSA) is 138 Å². The molecule has 0 spiro atoms. The van der Waals surface area contributed by atoms with E-state index in [9.17, 15) is 18.9 Å². The van der Waals surface area contributed by atoms with Gasteiger partial charge >= 0.3 is 18.2 Å². The highest BCUT2D eigenvalue weighted by Gasteiger charge is 2.59. The predicted octanol–water partition coefficient (Wildman–Crippen LogP) is 7.89. The monoisotopic (exact) mass is 691 g/mol. The lowest BCUT2D eigenvalue weighted by molar-refractivity contribution is -0.160. The Morgan fingerprint density at radius 3 is 2.06 bits per heavy atom. The van der Waals surface area contributed by atoms with Gasteiger partial charge in [-0.15, -0.1) is 0 Å². The fraction of sp³-hybridized carbons (Fsp3) is 0.657. The maximum atomic E-state index is 14.8. The molecule has 1 fully saturated rings. The molecule has 48 heavy (non-hydrogen) atoms.